The Balaban J connectivity index is 2.37. The maximum absolute atomic E-state index is 11.4. The van der Waals surface area contributed by atoms with Gasteiger partial charge in [0.05, 0.1) is 12.6 Å². The Hall–Kier alpha value is -1.71. The molecule has 1 aromatic carbocycles. The van der Waals surface area contributed by atoms with E-state index >= 15 is 0 Å². The number of benzene rings is 1. The lowest BCUT2D eigenvalue weighted by Crippen LogP contribution is -2.54. The molecule has 1 aliphatic heterocycles. The molecule has 0 radical (unpaired) electrons. The van der Waals surface area contributed by atoms with Crippen molar-refractivity contribution >= 4 is 6.03 Å². The van der Waals surface area contributed by atoms with Gasteiger partial charge in [0, 0.05) is 12.1 Å². The zero-order valence-electron chi connectivity index (χ0n) is 9.54. The molecule has 4 heteroatoms. The molecule has 0 saturated carbocycles. The topological polar surface area (TPSA) is 50.4 Å². The lowest BCUT2D eigenvalue weighted by molar-refractivity contribution is 0.210. The molecule has 4 nitrogen and oxygen atoms in total. The minimum absolute atomic E-state index is 0.125. The van der Waals surface area contributed by atoms with Crippen molar-refractivity contribution in [2.75, 3.05) is 13.7 Å². The van der Waals surface area contributed by atoms with Gasteiger partial charge in [-0.1, -0.05) is 18.2 Å². The van der Waals surface area contributed by atoms with E-state index in [1.165, 1.54) is 0 Å². The molecule has 0 aromatic heterocycles. The highest BCUT2D eigenvalue weighted by Crippen LogP contribution is 2.33. The van der Waals surface area contributed by atoms with Gasteiger partial charge in [-0.05, 0) is 19.4 Å². The Kier molecular flexibility index (Phi) is 2.73. The number of rotatable bonds is 2. The van der Waals surface area contributed by atoms with Gasteiger partial charge in [0.15, 0.2) is 0 Å². The summed E-state index contributed by atoms with van der Waals surface area (Å²) in [5, 5.41) is 5.71. The average molecular weight is 220 g/mol. The molecule has 1 saturated heterocycles. The third kappa shape index (κ3) is 1.83. The maximum atomic E-state index is 11.4. The molecule has 1 aliphatic rings. The van der Waals surface area contributed by atoms with Crippen LogP contribution in [-0.2, 0) is 5.54 Å². The van der Waals surface area contributed by atoms with E-state index in [1.54, 1.807) is 7.11 Å². The summed E-state index contributed by atoms with van der Waals surface area (Å²) in [6, 6.07) is 7.66. The van der Waals surface area contributed by atoms with Crippen molar-refractivity contribution in [1.29, 1.82) is 0 Å². The van der Waals surface area contributed by atoms with Crippen LogP contribution in [0, 0.1) is 0 Å². The number of carbonyl (C=O) groups excluding carboxylic acids is 1. The Morgan fingerprint density at radius 2 is 2.12 bits per heavy atom. The molecule has 1 fully saturated rings. The Morgan fingerprint density at radius 3 is 2.81 bits per heavy atom. The molecule has 1 unspecified atom stereocenters. The smallest absolute Gasteiger partial charge is 0.315 e. The second-order valence-electron chi connectivity index (χ2n) is 4.16. The molecule has 0 aliphatic carbocycles. The molecule has 0 spiro atoms. The van der Waals surface area contributed by atoms with Gasteiger partial charge in [0.2, 0.25) is 0 Å². The van der Waals surface area contributed by atoms with Crippen LogP contribution in [0.1, 0.15) is 18.9 Å². The number of urea groups is 1. The van der Waals surface area contributed by atoms with Crippen LogP contribution in [0.25, 0.3) is 0 Å². The molecule has 0 bridgehead atoms. The van der Waals surface area contributed by atoms with E-state index in [1.807, 2.05) is 31.2 Å². The van der Waals surface area contributed by atoms with Gasteiger partial charge in [0.25, 0.3) is 0 Å². The molecule has 86 valence electrons. The van der Waals surface area contributed by atoms with Crippen LogP contribution in [0.15, 0.2) is 24.3 Å². The summed E-state index contributed by atoms with van der Waals surface area (Å²) in [7, 11) is 1.64. The van der Waals surface area contributed by atoms with Crippen molar-refractivity contribution in [3.63, 3.8) is 0 Å². The van der Waals surface area contributed by atoms with Crippen LogP contribution >= 0.6 is 0 Å². The van der Waals surface area contributed by atoms with E-state index in [9.17, 15) is 4.79 Å². The molecular weight excluding hydrogens is 204 g/mol. The van der Waals surface area contributed by atoms with Gasteiger partial charge in [-0.15, -0.1) is 0 Å². The standard InChI is InChI=1S/C12H16N2O2/c1-12(7-8-13-11(15)14-12)9-5-3-4-6-10(9)16-2/h3-6H,7-8H2,1-2H3,(H2,13,14,15). The number of nitrogens with one attached hydrogen (secondary N) is 2. The van der Waals surface area contributed by atoms with Crippen molar-refractivity contribution in [1.82, 2.24) is 10.6 Å². The van der Waals surface area contributed by atoms with Gasteiger partial charge >= 0.3 is 6.03 Å². The number of hydrogen-bond acceptors (Lipinski definition) is 2. The first-order chi connectivity index (χ1) is 7.65. The summed E-state index contributed by atoms with van der Waals surface area (Å²) in [6.45, 7) is 2.70. The number of hydrogen-bond donors (Lipinski definition) is 2. The fourth-order valence-electron chi connectivity index (χ4n) is 2.09. The third-order valence-electron chi connectivity index (χ3n) is 3.00. The van der Waals surface area contributed by atoms with Crippen LogP contribution in [0.4, 0.5) is 4.79 Å². The highest BCUT2D eigenvalue weighted by molar-refractivity contribution is 5.76. The van der Waals surface area contributed by atoms with E-state index in [4.69, 9.17) is 4.74 Å². The highest BCUT2D eigenvalue weighted by Gasteiger charge is 2.33. The molecular formula is C12H16N2O2. The summed E-state index contributed by atoms with van der Waals surface area (Å²) in [5.41, 5.74) is 0.668. The monoisotopic (exact) mass is 220 g/mol. The SMILES string of the molecule is COc1ccccc1C1(C)CCNC(=O)N1. The minimum Gasteiger partial charge on any atom is -0.496 e. The van der Waals surface area contributed by atoms with E-state index in [-0.39, 0.29) is 11.6 Å². The number of ether oxygens (including phenoxy) is 1. The van der Waals surface area contributed by atoms with Crippen molar-refractivity contribution in [3.05, 3.63) is 29.8 Å². The molecule has 1 heterocycles. The van der Waals surface area contributed by atoms with E-state index < -0.39 is 0 Å². The van der Waals surface area contributed by atoms with Gasteiger partial charge in [0.1, 0.15) is 5.75 Å². The lowest BCUT2D eigenvalue weighted by atomic mass is 9.87. The second-order valence-corrected chi connectivity index (χ2v) is 4.16. The fourth-order valence-corrected chi connectivity index (χ4v) is 2.09. The van der Waals surface area contributed by atoms with Crippen LogP contribution < -0.4 is 15.4 Å². The summed E-state index contributed by atoms with van der Waals surface area (Å²) >= 11 is 0. The molecule has 16 heavy (non-hydrogen) atoms. The maximum Gasteiger partial charge on any atom is 0.315 e. The Labute approximate surface area is 95.0 Å². The first-order valence-corrected chi connectivity index (χ1v) is 5.35. The zero-order valence-corrected chi connectivity index (χ0v) is 9.54. The summed E-state index contributed by atoms with van der Waals surface area (Å²) < 4.78 is 5.33. The van der Waals surface area contributed by atoms with Gasteiger partial charge < -0.3 is 15.4 Å². The highest BCUT2D eigenvalue weighted by atomic mass is 16.5. The van der Waals surface area contributed by atoms with Crippen molar-refractivity contribution in [2.45, 2.75) is 18.9 Å². The molecule has 2 rings (SSSR count). The fraction of sp³-hybridized carbons (Fsp3) is 0.417. The third-order valence-corrected chi connectivity index (χ3v) is 3.00. The largest absolute Gasteiger partial charge is 0.496 e. The minimum atomic E-state index is -0.352. The summed E-state index contributed by atoms with van der Waals surface area (Å²) in [6.07, 6.45) is 0.846. The number of para-hydroxylation sites is 1. The normalized spacial score (nSPS) is 24.5. The van der Waals surface area contributed by atoms with E-state index in [2.05, 4.69) is 10.6 Å². The first-order valence-electron chi connectivity index (χ1n) is 5.35. The first kappa shape index (κ1) is 10.8. The van der Waals surface area contributed by atoms with Gasteiger partial charge in [-0.3, -0.25) is 0 Å². The van der Waals surface area contributed by atoms with Crippen LogP contribution in [-0.4, -0.2) is 19.7 Å². The number of methoxy groups -OCH3 is 1. The molecule has 1 aromatic rings. The quantitative estimate of drug-likeness (QED) is 0.795. The summed E-state index contributed by atoms with van der Waals surface area (Å²) in [4.78, 5) is 11.4. The molecule has 1 atom stereocenters. The van der Waals surface area contributed by atoms with Gasteiger partial charge in [-0.2, -0.15) is 0 Å². The Morgan fingerprint density at radius 1 is 1.38 bits per heavy atom. The predicted molar refractivity (Wildman–Crippen MR) is 61.5 cm³/mol. The Bertz CT molecular complexity index is 406. The second kappa shape index (κ2) is 4.04. The van der Waals surface area contributed by atoms with Gasteiger partial charge in [-0.25, -0.2) is 4.79 Å². The average Bonchev–Trinajstić information content (AvgIpc) is 2.29. The molecule has 2 amide bonds. The lowest BCUT2D eigenvalue weighted by Gasteiger charge is -2.36. The number of amides is 2. The number of carbonyl (C=O) groups is 1. The predicted octanol–water partition coefficient (Wildman–Crippen LogP) is 1.61. The summed E-state index contributed by atoms with van der Waals surface area (Å²) in [5.74, 6) is 0.812. The van der Waals surface area contributed by atoms with Crippen LogP contribution in [0.5, 0.6) is 5.75 Å². The van der Waals surface area contributed by atoms with Crippen molar-refractivity contribution in [2.24, 2.45) is 0 Å². The van der Waals surface area contributed by atoms with E-state index in [0.717, 1.165) is 17.7 Å². The van der Waals surface area contributed by atoms with E-state index in [0.29, 0.717) is 6.54 Å². The van der Waals surface area contributed by atoms with Crippen molar-refractivity contribution in [3.8, 4) is 5.75 Å². The molecule has 2 N–H and O–H groups in total. The van der Waals surface area contributed by atoms with Crippen LogP contribution in [0.3, 0.4) is 0 Å². The zero-order chi connectivity index (χ0) is 11.6. The van der Waals surface area contributed by atoms with Crippen molar-refractivity contribution < 1.29 is 9.53 Å². The van der Waals surface area contributed by atoms with Crippen LogP contribution in [0.2, 0.25) is 0 Å².